The van der Waals surface area contributed by atoms with Gasteiger partial charge >= 0.3 is 0 Å². The number of nitrogens with one attached hydrogen (secondary N) is 1. The molecule has 1 atom stereocenters. The lowest BCUT2D eigenvalue weighted by atomic mass is 10.2. The van der Waals surface area contributed by atoms with Gasteiger partial charge in [-0.3, -0.25) is 9.36 Å². The van der Waals surface area contributed by atoms with Gasteiger partial charge in [0.15, 0.2) is 11.0 Å². The summed E-state index contributed by atoms with van der Waals surface area (Å²) in [7, 11) is 0. The van der Waals surface area contributed by atoms with Crippen LogP contribution in [0.5, 0.6) is 0 Å². The Kier molecular flexibility index (Phi) is 7.06. The standard InChI is InChI=1S/C21H20ClFN4OS/c1-3-12-27-19(16-6-8-17(22)9-7-16)25-26-21(27)29-14(2)20(28)24-13-15-4-10-18(23)11-5-15/h3-11,14H,1,12-13H2,2H3,(H,24,28). The highest BCUT2D eigenvalue weighted by Gasteiger charge is 2.20. The van der Waals surface area contributed by atoms with Crippen molar-refractivity contribution in [1.29, 1.82) is 0 Å². The fraction of sp³-hybridized carbons (Fsp3) is 0.190. The van der Waals surface area contributed by atoms with Crippen LogP contribution in [-0.4, -0.2) is 25.9 Å². The van der Waals surface area contributed by atoms with E-state index in [0.717, 1.165) is 11.1 Å². The highest BCUT2D eigenvalue weighted by atomic mass is 35.5. The Morgan fingerprint density at radius 2 is 1.93 bits per heavy atom. The third-order valence-corrected chi connectivity index (χ3v) is 5.49. The van der Waals surface area contributed by atoms with E-state index in [1.165, 1.54) is 23.9 Å². The van der Waals surface area contributed by atoms with Gasteiger partial charge in [0.25, 0.3) is 0 Å². The summed E-state index contributed by atoms with van der Waals surface area (Å²) in [5.74, 6) is 0.241. The molecule has 8 heteroatoms. The minimum Gasteiger partial charge on any atom is -0.351 e. The summed E-state index contributed by atoms with van der Waals surface area (Å²) in [6.07, 6.45) is 1.76. The summed E-state index contributed by atoms with van der Waals surface area (Å²) >= 11 is 7.28. The van der Waals surface area contributed by atoms with Crippen molar-refractivity contribution in [3.8, 4) is 11.4 Å². The molecule has 150 valence electrons. The first kappa shape index (κ1) is 21.1. The lowest BCUT2D eigenvalue weighted by Crippen LogP contribution is -2.30. The molecule has 29 heavy (non-hydrogen) atoms. The molecule has 1 amide bonds. The number of hydrogen-bond acceptors (Lipinski definition) is 4. The first-order chi connectivity index (χ1) is 14.0. The third kappa shape index (κ3) is 5.46. The maximum atomic E-state index is 13.0. The van der Waals surface area contributed by atoms with Gasteiger partial charge in [0.1, 0.15) is 5.82 Å². The molecule has 3 aromatic rings. The zero-order valence-corrected chi connectivity index (χ0v) is 17.4. The van der Waals surface area contributed by atoms with E-state index in [9.17, 15) is 9.18 Å². The normalized spacial score (nSPS) is 11.8. The predicted octanol–water partition coefficient (Wildman–Crippen LogP) is 4.72. The van der Waals surface area contributed by atoms with Crippen molar-refractivity contribution in [2.45, 2.75) is 30.4 Å². The number of benzene rings is 2. The molecule has 0 saturated heterocycles. The van der Waals surface area contributed by atoms with Gasteiger partial charge < -0.3 is 5.32 Å². The van der Waals surface area contributed by atoms with Crippen molar-refractivity contribution in [3.05, 3.63) is 77.6 Å². The van der Waals surface area contributed by atoms with E-state index < -0.39 is 0 Å². The van der Waals surface area contributed by atoms with E-state index >= 15 is 0 Å². The Bertz CT molecular complexity index is 989. The van der Waals surface area contributed by atoms with Crippen molar-refractivity contribution in [1.82, 2.24) is 20.1 Å². The van der Waals surface area contributed by atoms with E-state index in [1.807, 2.05) is 16.7 Å². The van der Waals surface area contributed by atoms with E-state index in [-0.39, 0.29) is 17.0 Å². The number of rotatable bonds is 8. The number of carbonyl (C=O) groups excluding carboxylic acids is 1. The number of hydrogen-bond donors (Lipinski definition) is 1. The molecule has 1 unspecified atom stereocenters. The molecule has 0 aliphatic rings. The van der Waals surface area contributed by atoms with Gasteiger partial charge in [-0.25, -0.2) is 4.39 Å². The minimum absolute atomic E-state index is 0.138. The third-order valence-electron chi connectivity index (χ3n) is 4.16. The molecule has 0 bridgehead atoms. The largest absolute Gasteiger partial charge is 0.351 e. The lowest BCUT2D eigenvalue weighted by molar-refractivity contribution is -0.120. The molecule has 0 saturated carbocycles. The SMILES string of the molecule is C=CCn1c(SC(C)C(=O)NCc2ccc(F)cc2)nnc1-c1ccc(Cl)cc1. The first-order valence-corrected chi connectivity index (χ1v) is 10.2. The Hall–Kier alpha value is -2.64. The summed E-state index contributed by atoms with van der Waals surface area (Å²) in [5.41, 5.74) is 1.71. The van der Waals surface area contributed by atoms with Crippen LogP contribution >= 0.6 is 23.4 Å². The second kappa shape index (κ2) is 9.71. The Labute approximate surface area is 178 Å². The zero-order valence-electron chi connectivity index (χ0n) is 15.8. The maximum Gasteiger partial charge on any atom is 0.233 e. The molecule has 3 rings (SSSR count). The molecule has 1 aromatic heterocycles. The lowest BCUT2D eigenvalue weighted by Gasteiger charge is -2.13. The summed E-state index contributed by atoms with van der Waals surface area (Å²) in [6.45, 7) is 6.45. The maximum absolute atomic E-state index is 13.0. The Morgan fingerprint density at radius 3 is 2.59 bits per heavy atom. The zero-order chi connectivity index (χ0) is 20.8. The van der Waals surface area contributed by atoms with Gasteiger partial charge in [0.05, 0.1) is 5.25 Å². The number of amides is 1. The van der Waals surface area contributed by atoms with E-state index in [4.69, 9.17) is 11.6 Å². The van der Waals surface area contributed by atoms with Gasteiger partial charge in [-0.2, -0.15) is 0 Å². The number of thioether (sulfide) groups is 1. The van der Waals surface area contributed by atoms with Crippen LogP contribution in [0.3, 0.4) is 0 Å². The summed E-state index contributed by atoms with van der Waals surface area (Å²) in [6, 6.07) is 13.4. The monoisotopic (exact) mass is 430 g/mol. The molecule has 5 nitrogen and oxygen atoms in total. The second-order valence-corrected chi connectivity index (χ2v) is 8.06. The number of halogens is 2. The summed E-state index contributed by atoms with van der Waals surface area (Å²) in [5, 5.41) is 12.3. The molecular formula is C21H20ClFN4OS. The van der Waals surface area contributed by atoms with Gasteiger partial charge in [-0.05, 0) is 48.9 Å². The first-order valence-electron chi connectivity index (χ1n) is 8.96. The van der Waals surface area contributed by atoms with Crippen molar-refractivity contribution in [2.75, 3.05) is 0 Å². The molecule has 0 aliphatic heterocycles. The van der Waals surface area contributed by atoms with Crippen LogP contribution in [-0.2, 0) is 17.9 Å². The van der Waals surface area contributed by atoms with Crippen LogP contribution in [0, 0.1) is 5.82 Å². The molecule has 2 aromatic carbocycles. The van der Waals surface area contributed by atoms with Gasteiger partial charge in [0, 0.05) is 23.7 Å². The number of carbonyl (C=O) groups is 1. The molecule has 0 aliphatic carbocycles. The molecule has 0 fully saturated rings. The van der Waals surface area contributed by atoms with Gasteiger partial charge in [-0.15, -0.1) is 16.8 Å². The number of nitrogens with zero attached hydrogens (tertiary/aromatic N) is 3. The quantitative estimate of drug-likeness (QED) is 0.415. The van der Waals surface area contributed by atoms with Gasteiger partial charge in [-0.1, -0.05) is 41.6 Å². The Balaban J connectivity index is 1.69. The van der Waals surface area contributed by atoms with Crippen LogP contribution in [0.25, 0.3) is 11.4 Å². The minimum atomic E-state index is -0.388. The average Bonchev–Trinajstić information content (AvgIpc) is 3.10. The smallest absolute Gasteiger partial charge is 0.233 e. The highest BCUT2D eigenvalue weighted by Crippen LogP contribution is 2.27. The fourth-order valence-electron chi connectivity index (χ4n) is 2.63. The average molecular weight is 431 g/mol. The molecule has 1 N–H and O–H groups in total. The summed E-state index contributed by atoms with van der Waals surface area (Å²) < 4.78 is 14.9. The van der Waals surface area contributed by atoms with Crippen LogP contribution in [0.15, 0.2) is 66.3 Å². The van der Waals surface area contributed by atoms with Crippen LogP contribution in [0.4, 0.5) is 4.39 Å². The highest BCUT2D eigenvalue weighted by molar-refractivity contribution is 8.00. The van der Waals surface area contributed by atoms with Crippen molar-refractivity contribution >= 4 is 29.3 Å². The molecular weight excluding hydrogens is 411 g/mol. The van der Waals surface area contributed by atoms with Crippen molar-refractivity contribution in [2.24, 2.45) is 0 Å². The van der Waals surface area contributed by atoms with Gasteiger partial charge in [0.2, 0.25) is 5.91 Å². The van der Waals surface area contributed by atoms with Crippen molar-refractivity contribution in [3.63, 3.8) is 0 Å². The molecule has 0 spiro atoms. The summed E-state index contributed by atoms with van der Waals surface area (Å²) in [4.78, 5) is 12.5. The fourth-order valence-corrected chi connectivity index (χ4v) is 3.64. The van der Waals surface area contributed by atoms with Crippen LogP contribution < -0.4 is 5.32 Å². The van der Waals surface area contributed by atoms with Crippen molar-refractivity contribution < 1.29 is 9.18 Å². The van der Waals surface area contributed by atoms with E-state index in [2.05, 4.69) is 22.1 Å². The second-order valence-electron chi connectivity index (χ2n) is 6.32. The van der Waals surface area contributed by atoms with Crippen LogP contribution in [0.2, 0.25) is 5.02 Å². The molecule has 1 heterocycles. The Morgan fingerprint density at radius 1 is 1.24 bits per heavy atom. The van der Waals surface area contributed by atoms with E-state index in [0.29, 0.717) is 29.1 Å². The molecule has 0 radical (unpaired) electrons. The van der Waals surface area contributed by atoms with E-state index in [1.54, 1.807) is 37.3 Å². The predicted molar refractivity (Wildman–Crippen MR) is 114 cm³/mol. The number of allylic oxidation sites excluding steroid dienone is 1. The van der Waals surface area contributed by atoms with Crippen LogP contribution in [0.1, 0.15) is 12.5 Å². The number of aromatic nitrogens is 3. The topological polar surface area (TPSA) is 59.8 Å².